The average Bonchev–Trinajstić information content (AvgIpc) is 2.43. The predicted molar refractivity (Wildman–Crippen MR) is 69.3 cm³/mol. The molecule has 0 aliphatic carbocycles. The highest BCUT2D eigenvalue weighted by atomic mass is 16.2. The molecule has 0 saturated carbocycles. The standard InChI is InChI=1S/C13H17N3O2/c1-14-12(17)8-15-13(18)11-7-6-9-4-2-3-5-10(9)16-11/h2-5,11,16H,6-8H2,1H3,(H,14,17)(H,15,18). The lowest BCUT2D eigenvalue weighted by Crippen LogP contribution is -2.45. The molecule has 1 aliphatic rings. The second kappa shape index (κ2) is 5.53. The first-order valence-electron chi connectivity index (χ1n) is 6.03. The Labute approximate surface area is 106 Å². The van der Waals surface area contributed by atoms with Crippen molar-refractivity contribution in [1.82, 2.24) is 10.6 Å². The normalized spacial score (nSPS) is 17.3. The molecule has 5 heteroatoms. The van der Waals surface area contributed by atoms with Crippen LogP contribution in [-0.2, 0) is 16.0 Å². The van der Waals surface area contributed by atoms with Crippen LogP contribution in [0.5, 0.6) is 0 Å². The number of rotatable bonds is 3. The molecule has 18 heavy (non-hydrogen) atoms. The number of aryl methyl sites for hydroxylation is 1. The summed E-state index contributed by atoms with van der Waals surface area (Å²) >= 11 is 0. The van der Waals surface area contributed by atoms with E-state index in [-0.39, 0.29) is 24.4 Å². The minimum absolute atomic E-state index is 0.0230. The molecular formula is C13H17N3O2. The van der Waals surface area contributed by atoms with Crippen LogP contribution in [0.25, 0.3) is 0 Å². The lowest BCUT2D eigenvalue weighted by atomic mass is 9.98. The van der Waals surface area contributed by atoms with Gasteiger partial charge in [-0.3, -0.25) is 9.59 Å². The molecule has 1 unspecified atom stereocenters. The number of anilines is 1. The largest absolute Gasteiger partial charge is 0.373 e. The number of para-hydroxylation sites is 1. The lowest BCUT2D eigenvalue weighted by Gasteiger charge is -2.26. The van der Waals surface area contributed by atoms with E-state index in [1.165, 1.54) is 5.56 Å². The van der Waals surface area contributed by atoms with E-state index in [2.05, 4.69) is 22.0 Å². The Kier molecular flexibility index (Phi) is 3.82. The number of likely N-dealkylation sites (N-methyl/N-ethyl adjacent to an activating group) is 1. The smallest absolute Gasteiger partial charge is 0.242 e. The number of hydrogen-bond donors (Lipinski definition) is 3. The van der Waals surface area contributed by atoms with Crippen LogP contribution in [0.15, 0.2) is 24.3 Å². The Balaban J connectivity index is 1.92. The minimum Gasteiger partial charge on any atom is -0.373 e. The Morgan fingerprint density at radius 2 is 2.17 bits per heavy atom. The van der Waals surface area contributed by atoms with E-state index in [1.54, 1.807) is 7.05 Å². The molecule has 1 aromatic rings. The van der Waals surface area contributed by atoms with E-state index in [1.807, 2.05) is 18.2 Å². The van der Waals surface area contributed by atoms with Crippen LogP contribution in [0.4, 0.5) is 5.69 Å². The SMILES string of the molecule is CNC(=O)CNC(=O)C1CCc2ccccc2N1. The maximum atomic E-state index is 11.9. The predicted octanol–water partition coefficient (Wildman–Crippen LogP) is 0.276. The maximum Gasteiger partial charge on any atom is 0.242 e. The van der Waals surface area contributed by atoms with Crippen molar-refractivity contribution in [2.45, 2.75) is 18.9 Å². The molecule has 2 rings (SSSR count). The summed E-state index contributed by atoms with van der Waals surface area (Å²) in [6.45, 7) is 0.0230. The fourth-order valence-corrected chi connectivity index (χ4v) is 2.01. The lowest BCUT2D eigenvalue weighted by molar-refractivity contribution is -0.126. The molecule has 96 valence electrons. The van der Waals surface area contributed by atoms with Crippen molar-refractivity contribution in [1.29, 1.82) is 0 Å². The first kappa shape index (κ1) is 12.4. The van der Waals surface area contributed by atoms with Crippen LogP contribution < -0.4 is 16.0 Å². The number of fused-ring (bicyclic) bond motifs is 1. The summed E-state index contributed by atoms with van der Waals surface area (Å²) in [5, 5.41) is 8.28. The number of amides is 2. The summed E-state index contributed by atoms with van der Waals surface area (Å²) in [4.78, 5) is 22.9. The van der Waals surface area contributed by atoms with Crippen LogP contribution in [0.1, 0.15) is 12.0 Å². The van der Waals surface area contributed by atoms with Gasteiger partial charge in [-0.2, -0.15) is 0 Å². The molecular weight excluding hydrogens is 230 g/mol. The Morgan fingerprint density at radius 3 is 2.94 bits per heavy atom. The number of benzene rings is 1. The highest BCUT2D eigenvalue weighted by Crippen LogP contribution is 2.24. The van der Waals surface area contributed by atoms with Crippen LogP contribution in [0, 0.1) is 0 Å². The third-order valence-electron chi connectivity index (χ3n) is 3.07. The molecule has 2 amide bonds. The zero-order chi connectivity index (χ0) is 13.0. The first-order valence-corrected chi connectivity index (χ1v) is 6.03. The number of nitrogens with one attached hydrogen (secondary N) is 3. The molecule has 3 N–H and O–H groups in total. The molecule has 1 aromatic carbocycles. The van der Waals surface area contributed by atoms with Gasteiger partial charge in [-0.1, -0.05) is 18.2 Å². The summed E-state index contributed by atoms with van der Waals surface area (Å²) in [5.74, 6) is -0.326. The highest BCUT2D eigenvalue weighted by Gasteiger charge is 2.23. The molecule has 5 nitrogen and oxygen atoms in total. The zero-order valence-electron chi connectivity index (χ0n) is 10.3. The monoisotopic (exact) mass is 247 g/mol. The van der Waals surface area contributed by atoms with E-state index < -0.39 is 0 Å². The van der Waals surface area contributed by atoms with Crippen molar-refractivity contribution in [2.24, 2.45) is 0 Å². The van der Waals surface area contributed by atoms with E-state index in [0.717, 1.165) is 18.5 Å². The van der Waals surface area contributed by atoms with E-state index in [9.17, 15) is 9.59 Å². The summed E-state index contributed by atoms with van der Waals surface area (Å²) in [6.07, 6.45) is 1.62. The van der Waals surface area contributed by atoms with Gasteiger partial charge in [-0.15, -0.1) is 0 Å². The molecule has 1 atom stereocenters. The summed E-state index contributed by atoms with van der Waals surface area (Å²) < 4.78 is 0. The van der Waals surface area contributed by atoms with Crippen molar-refractivity contribution in [2.75, 3.05) is 18.9 Å². The van der Waals surface area contributed by atoms with Crippen molar-refractivity contribution in [3.63, 3.8) is 0 Å². The average molecular weight is 247 g/mol. The molecule has 1 heterocycles. The third-order valence-corrected chi connectivity index (χ3v) is 3.07. The molecule has 0 aromatic heterocycles. The fourth-order valence-electron chi connectivity index (χ4n) is 2.01. The molecule has 0 spiro atoms. The summed E-state index contributed by atoms with van der Waals surface area (Å²) in [7, 11) is 1.55. The Morgan fingerprint density at radius 1 is 1.39 bits per heavy atom. The Hall–Kier alpha value is -2.04. The van der Waals surface area contributed by atoms with Gasteiger partial charge < -0.3 is 16.0 Å². The Bertz CT molecular complexity index is 459. The number of carbonyl (C=O) groups is 2. The van der Waals surface area contributed by atoms with Crippen LogP contribution in [0.3, 0.4) is 0 Å². The van der Waals surface area contributed by atoms with Crippen molar-refractivity contribution in [3.8, 4) is 0 Å². The van der Waals surface area contributed by atoms with Crippen molar-refractivity contribution >= 4 is 17.5 Å². The summed E-state index contributed by atoms with van der Waals surface area (Å²) in [6, 6.07) is 7.70. The quantitative estimate of drug-likeness (QED) is 0.718. The number of hydrogen-bond acceptors (Lipinski definition) is 3. The second-order valence-electron chi connectivity index (χ2n) is 4.28. The van der Waals surface area contributed by atoms with Gasteiger partial charge in [0.1, 0.15) is 6.04 Å². The molecule has 0 bridgehead atoms. The van der Waals surface area contributed by atoms with Gasteiger partial charge in [-0.25, -0.2) is 0 Å². The minimum atomic E-state index is -0.260. The van der Waals surface area contributed by atoms with Gasteiger partial charge in [0, 0.05) is 12.7 Å². The molecule has 1 aliphatic heterocycles. The number of carbonyl (C=O) groups excluding carboxylic acids is 2. The van der Waals surface area contributed by atoms with Crippen molar-refractivity contribution in [3.05, 3.63) is 29.8 Å². The van der Waals surface area contributed by atoms with E-state index >= 15 is 0 Å². The highest BCUT2D eigenvalue weighted by molar-refractivity contribution is 5.89. The molecule has 0 radical (unpaired) electrons. The molecule has 0 fully saturated rings. The van der Waals surface area contributed by atoms with Gasteiger partial charge in [0.25, 0.3) is 0 Å². The van der Waals surface area contributed by atoms with Crippen LogP contribution in [0.2, 0.25) is 0 Å². The van der Waals surface area contributed by atoms with Crippen LogP contribution in [-0.4, -0.2) is 31.4 Å². The molecule has 0 saturated heterocycles. The topological polar surface area (TPSA) is 70.2 Å². The first-order chi connectivity index (χ1) is 8.70. The zero-order valence-corrected chi connectivity index (χ0v) is 10.3. The maximum absolute atomic E-state index is 11.9. The van der Waals surface area contributed by atoms with Gasteiger partial charge in [-0.05, 0) is 24.5 Å². The second-order valence-corrected chi connectivity index (χ2v) is 4.28. The summed E-state index contributed by atoms with van der Waals surface area (Å²) in [5.41, 5.74) is 2.23. The van der Waals surface area contributed by atoms with Crippen molar-refractivity contribution < 1.29 is 9.59 Å². The third kappa shape index (κ3) is 2.80. The van der Waals surface area contributed by atoms with E-state index in [4.69, 9.17) is 0 Å². The van der Waals surface area contributed by atoms with Crippen LogP contribution >= 0.6 is 0 Å². The fraction of sp³-hybridized carbons (Fsp3) is 0.385. The van der Waals surface area contributed by atoms with Gasteiger partial charge in [0.15, 0.2) is 0 Å². The van der Waals surface area contributed by atoms with E-state index in [0.29, 0.717) is 0 Å². The van der Waals surface area contributed by atoms with Gasteiger partial charge >= 0.3 is 0 Å². The van der Waals surface area contributed by atoms with Gasteiger partial charge in [0.05, 0.1) is 6.54 Å². The van der Waals surface area contributed by atoms with Gasteiger partial charge in [0.2, 0.25) is 11.8 Å².